The second kappa shape index (κ2) is 6.12. The Hall–Kier alpha value is -2.35. The molecule has 0 saturated carbocycles. The van der Waals surface area contributed by atoms with Crippen LogP contribution in [0.2, 0.25) is 5.02 Å². The van der Waals surface area contributed by atoms with Crippen molar-refractivity contribution >= 4 is 46.0 Å². The minimum absolute atomic E-state index is 0.0336. The molecule has 2 aromatic rings. The molecule has 0 radical (unpaired) electrons. The van der Waals surface area contributed by atoms with Crippen molar-refractivity contribution in [2.75, 3.05) is 4.90 Å². The predicted molar refractivity (Wildman–Crippen MR) is 101 cm³/mol. The normalized spacial score (nSPS) is 24.8. The van der Waals surface area contributed by atoms with Gasteiger partial charge >= 0.3 is 0 Å². The molecule has 0 unspecified atom stereocenters. The Bertz CT molecular complexity index is 950. The van der Waals surface area contributed by atoms with Crippen molar-refractivity contribution in [3.63, 3.8) is 0 Å². The summed E-state index contributed by atoms with van der Waals surface area (Å²) >= 11 is 6.98. The van der Waals surface area contributed by atoms with Crippen LogP contribution in [0, 0.1) is 0 Å². The number of carbonyl (C=O) groups is 2. The van der Waals surface area contributed by atoms with Gasteiger partial charge in [-0.1, -0.05) is 53.7 Å². The summed E-state index contributed by atoms with van der Waals surface area (Å²) in [5.74, 6) is -1.22. The van der Waals surface area contributed by atoms with E-state index >= 15 is 0 Å². The summed E-state index contributed by atoms with van der Waals surface area (Å²) in [5.41, 5.74) is 5.26. The minimum Gasteiger partial charge on any atom is -0.378 e. The van der Waals surface area contributed by atoms with Crippen molar-refractivity contribution in [1.29, 1.82) is 0 Å². The van der Waals surface area contributed by atoms with Crippen LogP contribution >= 0.6 is 23.4 Å². The number of thioether (sulfide) groups is 1. The van der Waals surface area contributed by atoms with Gasteiger partial charge in [-0.05, 0) is 23.8 Å². The van der Waals surface area contributed by atoms with E-state index in [-0.39, 0.29) is 11.7 Å². The fourth-order valence-electron chi connectivity index (χ4n) is 3.28. The molecule has 0 spiro atoms. The highest BCUT2D eigenvalue weighted by Crippen LogP contribution is 2.48. The maximum Gasteiger partial charge on any atom is 0.265 e. The SMILES string of the molecule is NC1=NC(=O)[C@H]([C@@]2(O)C(=O)N(Cc3ccccc3)c3ccc(Cl)cc32)S1. The number of fused-ring (bicyclic) bond motifs is 1. The van der Waals surface area contributed by atoms with Crippen LogP contribution in [0.15, 0.2) is 53.5 Å². The van der Waals surface area contributed by atoms with Gasteiger partial charge in [0.1, 0.15) is 5.25 Å². The summed E-state index contributed by atoms with van der Waals surface area (Å²) < 4.78 is 0. The zero-order valence-corrected chi connectivity index (χ0v) is 15.0. The average Bonchev–Trinajstić information content (AvgIpc) is 3.06. The lowest BCUT2D eigenvalue weighted by molar-refractivity contribution is -0.140. The third kappa shape index (κ3) is 2.51. The number of benzene rings is 2. The lowest BCUT2D eigenvalue weighted by Gasteiger charge is -2.26. The number of anilines is 1. The molecule has 2 amide bonds. The van der Waals surface area contributed by atoms with E-state index < -0.39 is 22.7 Å². The standard InChI is InChI=1S/C18H14ClN3O3S/c19-11-6-7-13-12(8-11)18(25,14-15(23)21-17(20)26-14)16(24)22(13)9-10-4-2-1-3-5-10/h1-8,14,25H,9H2,(H2,20,21,23)/t14-,18-/m1/s1. The number of rotatable bonds is 3. The highest BCUT2D eigenvalue weighted by molar-refractivity contribution is 8.15. The van der Waals surface area contributed by atoms with Crippen LogP contribution in [-0.2, 0) is 21.7 Å². The first-order chi connectivity index (χ1) is 12.4. The molecule has 2 aromatic carbocycles. The van der Waals surface area contributed by atoms with Gasteiger partial charge in [-0.25, -0.2) is 0 Å². The average molecular weight is 388 g/mol. The number of aliphatic imine (C=N–C) groups is 1. The Morgan fingerprint density at radius 1 is 1.23 bits per heavy atom. The molecule has 0 aliphatic carbocycles. The van der Waals surface area contributed by atoms with Crippen molar-refractivity contribution < 1.29 is 14.7 Å². The highest BCUT2D eigenvalue weighted by Gasteiger charge is 2.59. The van der Waals surface area contributed by atoms with Gasteiger partial charge in [0.25, 0.3) is 11.8 Å². The molecule has 2 aliphatic rings. The van der Waals surface area contributed by atoms with E-state index in [2.05, 4.69) is 4.99 Å². The Morgan fingerprint density at radius 2 is 1.96 bits per heavy atom. The van der Waals surface area contributed by atoms with Crippen LogP contribution in [0.25, 0.3) is 0 Å². The maximum atomic E-state index is 13.2. The van der Waals surface area contributed by atoms with Gasteiger partial charge in [-0.15, -0.1) is 0 Å². The third-order valence-corrected chi connectivity index (χ3v) is 5.82. The number of carbonyl (C=O) groups excluding carboxylic acids is 2. The van der Waals surface area contributed by atoms with Crippen LogP contribution in [0.1, 0.15) is 11.1 Å². The van der Waals surface area contributed by atoms with Gasteiger partial charge in [0, 0.05) is 10.6 Å². The van der Waals surface area contributed by atoms with E-state index in [0.29, 0.717) is 16.3 Å². The number of hydrogen-bond donors (Lipinski definition) is 2. The van der Waals surface area contributed by atoms with Gasteiger partial charge in [0.15, 0.2) is 10.8 Å². The lowest BCUT2D eigenvalue weighted by Crippen LogP contribution is -2.49. The monoisotopic (exact) mass is 387 g/mol. The Balaban J connectivity index is 1.81. The lowest BCUT2D eigenvalue weighted by atomic mass is 9.91. The number of amidine groups is 1. The summed E-state index contributed by atoms with van der Waals surface area (Å²) in [5, 5.41) is 10.6. The molecule has 2 atom stereocenters. The first-order valence-electron chi connectivity index (χ1n) is 7.84. The number of halogens is 1. The molecule has 26 heavy (non-hydrogen) atoms. The van der Waals surface area contributed by atoms with E-state index in [1.165, 1.54) is 11.0 Å². The van der Waals surface area contributed by atoms with Gasteiger partial charge in [-0.2, -0.15) is 4.99 Å². The Morgan fingerprint density at radius 3 is 2.62 bits per heavy atom. The zero-order valence-electron chi connectivity index (χ0n) is 13.4. The predicted octanol–water partition coefficient (Wildman–Crippen LogP) is 2.03. The van der Waals surface area contributed by atoms with Gasteiger partial charge < -0.3 is 15.7 Å². The van der Waals surface area contributed by atoms with E-state index in [9.17, 15) is 14.7 Å². The van der Waals surface area contributed by atoms with Crippen molar-refractivity contribution in [1.82, 2.24) is 0 Å². The van der Waals surface area contributed by atoms with E-state index in [0.717, 1.165) is 17.3 Å². The number of nitrogens with two attached hydrogens (primary N) is 1. The van der Waals surface area contributed by atoms with Crippen LogP contribution < -0.4 is 10.6 Å². The quantitative estimate of drug-likeness (QED) is 0.840. The van der Waals surface area contributed by atoms with Crippen molar-refractivity contribution in [2.24, 2.45) is 10.7 Å². The molecule has 6 nitrogen and oxygen atoms in total. The first-order valence-corrected chi connectivity index (χ1v) is 9.10. The molecule has 4 rings (SSSR count). The Kier molecular flexibility index (Phi) is 4.02. The third-order valence-electron chi connectivity index (χ3n) is 4.48. The first kappa shape index (κ1) is 17.1. The van der Waals surface area contributed by atoms with Crippen LogP contribution in [0.3, 0.4) is 0 Å². The molecule has 8 heteroatoms. The van der Waals surface area contributed by atoms with Crippen LogP contribution in [0.4, 0.5) is 5.69 Å². The second-order valence-corrected chi connectivity index (χ2v) is 7.65. The fraction of sp³-hybridized carbons (Fsp3) is 0.167. The fourth-order valence-corrected chi connectivity index (χ4v) is 4.39. The van der Waals surface area contributed by atoms with Gasteiger partial charge in [-0.3, -0.25) is 9.59 Å². The number of aliphatic hydroxyl groups is 1. The van der Waals surface area contributed by atoms with E-state index in [1.54, 1.807) is 12.1 Å². The van der Waals surface area contributed by atoms with Crippen molar-refractivity contribution in [3.05, 3.63) is 64.7 Å². The van der Waals surface area contributed by atoms with Crippen LogP contribution in [-0.4, -0.2) is 27.3 Å². The van der Waals surface area contributed by atoms with Gasteiger partial charge in [0.2, 0.25) is 0 Å². The van der Waals surface area contributed by atoms with Crippen LogP contribution in [0.5, 0.6) is 0 Å². The molecular weight excluding hydrogens is 374 g/mol. The summed E-state index contributed by atoms with van der Waals surface area (Å²) in [6, 6.07) is 14.2. The van der Waals surface area contributed by atoms with Gasteiger partial charge in [0.05, 0.1) is 12.2 Å². The molecule has 0 fully saturated rings. The smallest absolute Gasteiger partial charge is 0.265 e. The highest BCUT2D eigenvalue weighted by atomic mass is 35.5. The zero-order chi connectivity index (χ0) is 18.5. The molecule has 0 aromatic heterocycles. The van der Waals surface area contributed by atoms with E-state index in [1.807, 2.05) is 30.3 Å². The molecule has 2 aliphatic heterocycles. The topological polar surface area (TPSA) is 96.0 Å². The molecule has 3 N–H and O–H groups in total. The van der Waals surface area contributed by atoms with Crippen molar-refractivity contribution in [2.45, 2.75) is 17.4 Å². The summed E-state index contributed by atoms with van der Waals surface area (Å²) in [7, 11) is 0. The number of hydrogen-bond acceptors (Lipinski definition) is 5. The second-order valence-electron chi connectivity index (χ2n) is 6.09. The molecule has 0 bridgehead atoms. The molecular formula is C18H14ClN3O3S. The largest absolute Gasteiger partial charge is 0.378 e. The summed E-state index contributed by atoms with van der Waals surface area (Å²) in [6.07, 6.45) is 0. The molecule has 0 saturated heterocycles. The molecule has 2 heterocycles. The van der Waals surface area contributed by atoms with E-state index in [4.69, 9.17) is 17.3 Å². The minimum atomic E-state index is -2.07. The summed E-state index contributed by atoms with van der Waals surface area (Å²) in [6.45, 7) is 0.262. The number of nitrogens with zero attached hydrogens (tertiary/aromatic N) is 2. The Labute approximate surface area is 158 Å². The summed E-state index contributed by atoms with van der Waals surface area (Å²) in [4.78, 5) is 30.6. The maximum absolute atomic E-state index is 13.2. The number of amides is 2. The molecule has 132 valence electrons. The van der Waals surface area contributed by atoms with Crippen molar-refractivity contribution in [3.8, 4) is 0 Å².